The van der Waals surface area contributed by atoms with Crippen molar-refractivity contribution in [2.24, 2.45) is 0 Å². The summed E-state index contributed by atoms with van der Waals surface area (Å²) in [6.07, 6.45) is 4.65. The van der Waals surface area contributed by atoms with Crippen LogP contribution in [0.25, 0.3) is 21.8 Å². The van der Waals surface area contributed by atoms with Crippen LogP contribution in [0, 0.1) is 13.8 Å². The summed E-state index contributed by atoms with van der Waals surface area (Å²) in [5, 5.41) is 9.41. The van der Waals surface area contributed by atoms with E-state index in [0.717, 1.165) is 81.9 Å². The maximum atomic E-state index is 5.91. The summed E-state index contributed by atoms with van der Waals surface area (Å²) in [7, 11) is 0. The van der Waals surface area contributed by atoms with Gasteiger partial charge in [-0.3, -0.25) is 9.97 Å². The molecule has 0 amide bonds. The highest BCUT2D eigenvalue weighted by molar-refractivity contribution is 5.94. The van der Waals surface area contributed by atoms with Gasteiger partial charge in [0.1, 0.15) is 0 Å². The molecule has 2 heterocycles. The van der Waals surface area contributed by atoms with E-state index >= 15 is 0 Å². The minimum absolute atomic E-state index is 0. The number of aromatic nitrogens is 2. The number of nitrogens with zero attached hydrogens (tertiary/aromatic N) is 2. The van der Waals surface area contributed by atoms with E-state index in [2.05, 4.69) is 32.7 Å². The van der Waals surface area contributed by atoms with Crippen molar-refractivity contribution in [3.8, 4) is 0 Å². The van der Waals surface area contributed by atoms with Gasteiger partial charge in [-0.1, -0.05) is 12.8 Å². The van der Waals surface area contributed by atoms with Crippen molar-refractivity contribution >= 4 is 57.0 Å². The highest BCUT2D eigenvalue weighted by atomic mass is 35.5. The Bertz CT molecular complexity index is 1130. The molecule has 0 saturated carbocycles. The number of nitrogen functional groups attached to an aromatic ring is 2. The number of anilines is 4. The summed E-state index contributed by atoms with van der Waals surface area (Å²) < 4.78 is 0. The number of nitrogens with one attached hydrogen (secondary N) is 2. The summed E-state index contributed by atoms with van der Waals surface area (Å²) in [5.41, 5.74) is 19.5. The average molecular weight is 465 g/mol. The van der Waals surface area contributed by atoms with Gasteiger partial charge in [-0.2, -0.15) is 0 Å². The molecule has 2 aromatic heterocycles. The molecule has 4 rings (SSSR count). The quantitative estimate of drug-likeness (QED) is 0.177. The molecule has 2 aromatic carbocycles. The molecule has 6 nitrogen and oxygen atoms in total. The second kappa shape index (κ2) is 11.1. The van der Waals surface area contributed by atoms with Crippen LogP contribution in [0.2, 0.25) is 0 Å². The molecule has 0 aliphatic carbocycles. The van der Waals surface area contributed by atoms with Gasteiger partial charge < -0.3 is 22.1 Å². The van der Waals surface area contributed by atoms with Crippen molar-refractivity contribution < 1.29 is 0 Å². The van der Waals surface area contributed by atoms with Crippen molar-refractivity contribution in [2.45, 2.75) is 39.5 Å². The zero-order chi connectivity index (χ0) is 22.5. The largest absolute Gasteiger partial charge is 0.399 e. The topological polar surface area (TPSA) is 102 Å². The molecular weight excluding hydrogens is 432 g/mol. The van der Waals surface area contributed by atoms with E-state index < -0.39 is 0 Å². The fourth-order valence-corrected chi connectivity index (χ4v) is 4.10. The highest BCUT2D eigenvalue weighted by Crippen LogP contribution is 2.26. The first kappa shape index (κ1) is 24.4. The maximum absolute atomic E-state index is 5.91. The minimum atomic E-state index is 0. The van der Waals surface area contributed by atoms with Crippen molar-refractivity contribution in [3.63, 3.8) is 0 Å². The summed E-state index contributed by atoms with van der Waals surface area (Å²) in [6.45, 7) is 5.93. The van der Waals surface area contributed by atoms with E-state index in [1.807, 2.05) is 50.2 Å². The first-order valence-corrected chi connectivity index (χ1v) is 11.3. The van der Waals surface area contributed by atoms with Crippen molar-refractivity contribution in [1.82, 2.24) is 9.97 Å². The van der Waals surface area contributed by atoms with Crippen molar-refractivity contribution in [2.75, 3.05) is 35.2 Å². The second-order valence-corrected chi connectivity index (χ2v) is 8.44. The number of pyridine rings is 2. The molecule has 0 atom stereocenters. The number of benzene rings is 2. The van der Waals surface area contributed by atoms with E-state index in [4.69, 9.17) is 11.5 Å². The van der Waals surface area contributed by atoms with Gasteiger partial charge in [0.2, 0.25) is 0 Å². The Morgan fingerprint density at radius 2 is 1.06 bits per heavy atom. The van der Waals surface area contributed by atoms with Gasteiger partial charge in [0.25, 0.3) is 0 Å². The molecule has 0 spiro atoms. The van der Waals surface area contributed by atoms with Crippen LogP contribution >= 0.6 is 12.4 Å². The van der Waals surface area contributed by atoms with Crippen LogP contribution < -0.4 is 22.1 Å². The van der Waals surface area contributed by atoms with Gasteiger partial charge in [-0.15, -0.1) is 12.4 Å². The Morgan fingerprint density at radius 1 is 0.636 bits per heavy atom. The monoisotopic (exact) mass is 464 g/mol. The summed E-state index contributed by atoms with van der Waals surface area (Å²) >= 11 is 0. The Morgan fingerprint density at radius 3 is 1.48 bits per heavy atom. The fraction of sp³-hybridized carbons (Fsp3) is 0.308. The molecule has 0 unspecified atom stereocenters. The number of halogens is 1. The predicted octanol–water partition coefficient (Wildman–Crippen LogP) is 6.07. The number of fused-ring (bicyclic) bond motifs is 2. The summed E-state index contributed by atoms with van der Waals surface area (Å²) in [6, 6.07) is 16.0. The smallest absolute Gasteiger partial charge is 0.0746 e. The molecule has 4 aromatic rings. The van der Waals surface area contributed by atoms with Crippen molar-refractivity contribution in [1.29, 1.82) is 0 Å². The third-order valence-electron chi connectivity index (χ3n) is 5.66. The van der Waals surface area contributed by atoms with E-state index in [-0.39, 0.29) is 12.4 Å². The molecule has 7 heteroatoms. The molecule has 0 radical (unpaired) electrons. The lowest BCUT2D eigenvalue weighted by molar-refractivity contribution is 0.671. The zero-order valence-corrected chi connectivity index (χ0v) is 20.1. The second-order valence-electron chi connectivity index (χ2n) is 8.44. The Balaban J connectivity index is 0.00000306. The molecule has 174 valence electrons. The number of hydrogen-bond donors (Lipinski definition) is 4. The zero-order valence-electron chi connectivity index (χ0n) is 19.3. The van der Waals surface area contributed by atoms with E-state index in [1.54, 1.807) is 0 Å². The molecule has 0 aliphatic rings. The predicted molar refractivity (Wildman–Crippen MR) is 144 cm³/mol. The SMILES string of the molecule is Cc1cc(NCCCCCCNc2cc(C)nc3cc(N)ccc23)c2ccc(N)cc2n1.Cl. The summed E-state index contributed by atoms with van der Waals surface area (Å²) in [4.78, 5) is 9.18. The van der Waals surface area contributed by atoms with Crippen LogP contribution in [0.15, 0.2) is 48.5 Å². The van der Waals surface area contributed by atoms with Gasteiger partial charge in [-0.25, -0.2) is 0 Å². The molecular formula is C26H33ClN6. The van der Waals surface area contributed by atoms with Crippen molar-refractivity contribution in [3.05, 3.63) is 59.9 Å². The molecule has 0 fully saturated rings. The Labute approximate surface area is 201 Å². The minimum Gasteiger partial charge on any atom is -0.399 e. The van der Waals surface area contributed by atoms with Crippen LogP contribution in [-0.4, -0.2) is 23.1 Å². The van der Waals surface area contributed by atoms with Crippen LogP contribution in [0.3, 0.4) is 0 Å². The number of unbranched alkanes of at least 4 members (excludes halogenated alkanes) is 3. The number of hydrogen-bond acceptors (Lipinski definition) is 6. The van der Waals surface area contributed by atoms with Gasteiger partial charge in [0.05, 0.1) is 11.0 Å². The Kier molecular flexibility index (Phi) is 8.17. The number of rotatable bonds is 9. The number of aryl methyl sites for hydroxylation is 2. The standard InChI is InChI=1S/C26H32N6.ClH/c1-17-13-23(21-9-7-19(27)15-25(21)31-17)29-11-5-3-4-6-12-30-24-14-18(2)32-26-16-20(28)8-10-22(24)26;/h7-10,13-16H,3-6,11-12,27-28H2,1-2H3,(H,29,31)(H,30,32);1H. The summed E-state index contributed by atoms with van der Waals surface area (Å²) in [5.74, 6) is 0. The van der Waals surface area contributed by atoms with E-state index in [9.17, 15) is 0 Å². The van der Waals surface area contributed by atoms with Gasteiger partial charge in [-0.05, 0) is 75.2 Å². The first-order chi connectivity index (χ1) is 15.5. The normalized spacial score (nSPS) is 10.8. The van der Waals surface area contributed by atoms with Crippen LogP contribution in [0.1, 0.15) is 37.1 Å². The number of nitrogens with two attached hydrogens (primary N) is 2. The van der Waals surface area contributed by atoms with Crippen LogP contribution in [0.5, 0.6) is 0 Å². The molecule has 0 saturated heterocycles. The Hall–Kier alpha value is -3.25. The first-order valence-electron chi connectivity index (χ1n) is 11.3. The molecule has 33 heavy (non-hydrogen) atoms. The van der Waals surface area contributed by atoms with Gasteiger partial charge >= 0.3 is 0 Å². The third kappa shape index (κ3) is 6.17. The van der Waals surface area contributed by atoms with Gasteiger partial charge in [0.15, 0.2) is 0 Å². The third-order valence-corrected chi connectivity index (χ3v) is 5.66. The average Bonchev–Trinajstić information content (AvgIpc) is 2.74. The molecule has 0 aliphatic heterocycles. The lowest BCUT2D eigenvalue weighted by Gasteiger charge is -2.12. The maximum Gasteiger partial charge on any atom is 0.0746 e. The lowest BCUT2D eigenvalue weighted by atomic mass is 10.1. The fourth-order valence-electron chi connectivity index (χ4n) is 4.10. The van der Waals surface area contributed by atoms with Crippen LogP contribution in [0.4, 0.5) is 22.7 Å². The van der Waals surface area contributed by atoms with E-state index in [1.165, 1.54) is 12.8 Å². The molecule has 0 bridgehead atoms. The van der Waals surface area contributed by atoms with Gasteiger partial charge in [0, 0.05) is 58.0 Å². The highest BCUT2D eigenvalue weighted by Gasteiger charge is 2.06. The molecule has 6 N–H and O–H groups in total. The van der Waals surface area contributed by atoms with E-state index in [0.29, 0.717) is 0 Å². The lowest BCUT2D eigenvalue weighted by Crippen LogP contribution is -2.05. The van der Waals surface area contributed by atoms with Crippen LogP contribution in [-0.2, 0) is 0 Å².